The molecule has 0 unspecified atom stereocenters. The molecule has 10 heteroatoms. The van der Waals surface area contributed by atoms with Crippen LogP contribution in [0.15, 0.2) is 274 Å². The van der Waals surface area contributed by atoms with Gasteiger partial charge in [-0.1, -0.05) is 133 Å². The maximum atomic E-state index is 13.0. The van der Waals surface area contributed by atoms with Gasteiger partial charge in [-0.3, -0.25) is 0 Å². The SMILES string of the molecule is COc1cc(OC)c(C)c(-c2cc3cc4ccccc4cc3c[n+]2C)c1.Cc1cc(C)c(C)c(-c2cc3cc4ccc(C(F)(F)F)cc4cc3c[n+]2C)c1.Cc1ccc(Oc2ccccc2)cc1-c1cc2cc3ccccc3cc2c[n+]1C.Cc1ccccc1-c1cc2c(C)c3ccccc3c(C)c2c[n+]1C. The van der Waals surface area contributed by atoms with Crippen molar-refractivity contribution in [2.24, 2.45) is 28.2 Å². The molecule has 0 aliphatic heterocycles. The molecule has 17 aromatic rings. The van der Waals surface area contributed by atoms with Crippen molar-refractivity contribution in [2.75, 3.05) is 14.2 Å². The zero-order chi connectivity index (χ0) is 75.1. The Morgan fingerprint density at radius 2 is 0.710 bits per heavy atom. The number of rotatable bonds is 8. The van der Waals surface area contributed by atoms with E-state index in [-0.39, 0.29) is 0 Å². The Kier molecular flexibility index (Phi) is 19.9. The third kappa shape index (κ3) is 14.7. The summed E-state index contributed by atoms with van der Waals surface area (Å²) in [6, 6.07) is 84.5. The van der Waals surface area contributed by atoms with E-state index in [1.807, 2.05) is 72.4 Å². The molecule has 0 bridgehead atoms. The van der Waals surface area contributed by atoms with E-state index in [9.17, 15) is 13.2 Å². The average Bonchev–Trinajstić information content (AvgIpc) is 0.762. The molecule has 0 N–H and O–H groups in total. The summed E-state index contributed by atoms with van der Waals surface area (Å²) >= 11 is 0. The van der Waals surface area contributed by atoms with E-state index in [0.717, 1.165) is 67.7 Å². The normalized spacial score (nSPS) is 11.4. The Morgan fingerprint density at radius 1 is 0.271 bits per heavy atom. The van der Waals surface area contributed by atoms with Crippen LogP contribution >= 0.6 is 0 Å². The standard InChI is InChI=1S/C27H22NO.C24H21F3N.C23H22NO2.C23H22N/c1-19-12-13-25(29-24-10-4-3-5-11-24)17-26(19)27-16-22-14-20-8-6-7-9-21(20)15-23(22)18-28(27)2;1-14-7-15(2)16(3)22(8-14)23-12-19-9-17-5-6-21(24(25,26)27)11-18(17)10-20(19)13-28(23)4;1-15-21(12-20(25-3)13-23(15)26-4)22-11-18-9-16-7-5-6-8-17(16)10-19(18)14-24(22)2;1-15-9-5-6-10-18(15)23-13-21-16(2)19-11-7-8-12-20(19)17(3)22(21)14-24(23)4/h3-18H,1-2H3;5-13H,1-4H3;5-14H,1-4H3;5-14H,1-4H3/q4*+1. The number of hydrogen-bond acceptors (Lipinski definition) is 3. The van der Waals surface area contributed by atoms with Crippen molar-refractivity contribution in [3.63, 3.8) is 0 Å². The molecular weight excluding hydrogens is 1330 g/mol. The van der Waals surface area contributed by atoms with Crippen molar-refractivity contribution in [1.29, 1.82) is 0 Å². The van der Waals surface area contributed by atoms with Gasteiger partial charge in [0.05, 0.1) is 30.9 Å². The minimum Gasteiger partial charge on any atom is -0.497 e. The summed E-state index contributed by atoms with van der Waals surface area (Å²) in [5, 5.41) is 18.7. The third-order valence-electron chi connectivity index (χ3n) is 21.1. The van der Waals surface area contributed by atoms with Crippen molar-refractivity contribution in [1.82, 2.24) is 0 Å². The predicted molar refractivity (Wildman–Crippen MR) is 435 cm³/mol. The molecule has 0 aliphatic carbocycles. The Hall–Kier alpha value is -12.3. The summed E-state index contributed by atoms with van der Waals surface area (Å²) in [4.78, 5) is 0. The molecule has 107 heavy (non-hydrogen) atoms. The lowest BCUT2D eigenvalue weighted by atomic mass is 9.92. The number of nitrogens with zero attached hydrogens (tertiary/aromatic N) is 4. The number of aromatic nitrogens is 4. The summed E-state index contributed by atoms with van der Waals surface area (Å²) in [5.41, 5.74) is 18.8. The first kappa shape index (κ1) is 71.7. The lowest BCUT2D eigenvalue weighted by molar-refractivity contribution is -0.659. The number of para-hydroxylation sites is 1. The maximum absolute atomic E-state index is 13.0. The van der Waals surface area contributed by atoms with E-state index >= 15 is 0 Å². The van der Waals surface area contributed by atoms with Gasteiger partial charge >= 0.3 is 6.18 Å². The highest BCUT2D eigenvalue weighted by Crippen LogP contribution is 2.39. The number of ether oxygens (including phenoxy) is 3. The summed E-state index contributed by atoms with van der Waals surface area (Å²) in [6.45, 7) is 17.2. The number of fused-ring (bicyclic) bond motifs is 8. The number of halogens is 3. The number of methoxy groups -OCH3 is 2. The van der Waals surface area contributed by atoms with Gasteiger partial charge in [-0.2, -0.15) is 13.2 Å². The fraction of sp³-hybridized carbons (Fsp3) is 0.155. The Bertz CT molecular complexity index is 6340. The van der Waals surface area contributed by atoms with Crippen LogP contribution in [0.3, 0.4) is 0 Å². The van der Waals surface area contributed by atoms with Crippen LogP contribution in [0.25, 0.3) is 131 Å². The number of aryl methyl sites for hydroxylation is 10. The van der Waals surface area contributed by atoms with Crippen LogP contribution in [0.5, 0.6) is 23.0 Å². The van der Waals surface area contributed by atoms with Crippen molar-refractivity contribution < 1.29 is 45.7 Å². The van der Waals surface area contributed by atoms with E-state index < -0.39 is 11.7 Å². The first-order valence-corrected chi connectivity index (χ1v) is 36.1. The average molecular weight is 1410 g/mol. The topological polar surface area (TPSA) is 43.2 Å². The molecule has 13 aromatic carbocycles. The number of benzene rings is 13. The molecule has 0 saturated heterocycles. The summed E-state index contributed by atoms with van der Waals surface area (Å²) in [7, 11) is 11.7. The molecule has 4 heterocycles. The number of hydrogen-bond donors (Lipinski definition) is 0. The van der Waals surface area contributed by atoms with Crippen molar-refractivity contribution in [3.05, 3.63) is 324 Å². The van der Waals surface area contributed by atoms with E-state index in [2.05, 4.69) is 285 Å². The molecule has 0 amide bonds. The van der Waals surface area contributed by atoms with Gasteiger partial charge in [0.15, 0.2) is 24.8 Å². The molecule has 0 aliphatic rings. The fourth-order valence-corrected chi connectivity index (χ4v) is 15.1. The molecule has 0 radical (unpaired) electrons. The first-order valence-electron chi connectivity index (χ1n) is 36.1. The second kappa shape index (κ2) is 29.7. The maximum Gasteiger partial charge on any atom is 0.416 e. The van der Waals surface area contributed by atoms with Crippen LogP contribution in [-0.2, 0) is 34.4 Å². The highest BCUT2D eigenvalue weighted by Gasteiger charge is 2.31. The lowest BCUT2D eigenvalue weighted by Gasteiger charge is -2.13. The van der Waals surface area contributed by atoms with Gasteiger partial charge in [-0.05, 0) is 244 Å². The summed E-state index contributed by atoms with van der Waals surface area (Å²) in [6.07, 6.45) is 4.33. The molecule has 0 fully saturated rings. The molecule has 530 valence electrons. The molecule has 0 spiro atoms. The quantitative estimate of drug-likeness (QED) is 0.112. The van der Waals surface area contributed by atoms with Gasteiger partial charge < -0.3 is 14.2 Å². The fourth-order valence-electron chi connectivity index (χ4n) is 15.1. The van der Waals surface area contributed by atoms with Gasteiger partial charge in [0.1, 0.15) is 51.2 Å². The zero-order valence-electron chi connectivity index (χ0n) is 63.1. The summed E-state index contributed by atoms with van der Waals surface area (Å²) < 4.78 is 64.9. The third-order valence-corrected chi connectivity index (χ3v) is 21.1. The molecule has 4 aromatic heterocycles. The Balaban J connectivity index is 0.000000120. The minimum atomic E-state index is -4.34. The highest BCUT2D eigenvalue weighted by atomic mass is 19.4. The lowest BCUT2D eigenvalue weighted by Crippen LogP contribution is -2.30. The van der Waals surface area contributed by atoms with Crippen LogP contribution < -0.4 is 32.5 Å². The molecular formula is C97H87F3N4O3+4. The second-order valence-corrected chi connectivity index (χ2v) is 28.4. The Morgan fingerprint density at radius 3 is 1.25 bits per heavy atom. The Labute approximate surface area is 623 Å². The first-order chi connectivity index (χ1) is 51.5. The van der Waals surface area contributed by atoms with E-state index in [0.29, 0.717) is 5.39 Å². The van der Waals surface area contributed by atoms with Crippen LogP contribution in [0, 0.1) is 55.4 Å². The van der Waals surface area contributed by atoms with Crippen molar-refractivity contribution in [2.45, 2.75) is 61.6 Å². The van der Waals surface area contributed by atoms with Gasteiger partial charge in [0.25, 0.3) is 0 Å². The van der Waals surface area contributed by atoms with Crippen LogP contribution in [0.1, 0.15) is 50.1 Å². The van der Waals surface area contributed by atoms with E-state index in [1.165, 1.54) is 138 Å². The molecule has 17 rings (SSSR count). The second-order valence-electron chi connectivity index (χ2n) is 28.4. The largest absolute Gasteiger partial charge is 0.497 e. The van der Waals surface area contributed by atoms with Gasteiger partial charge in [-0.25, -0.2) is 18.3 Å². The van der Waals surface area contributed by atoms with Crippen LogP contribution in [0.2, 0.25) is 0 Å². The summed E-state index contributed by atoms with van der Waals surface area (Å²) in [5.74, 6) is 3.31. The van der Waals surface area contributed by atoms with Gasteiger partial charge in [-0.15, -0.1) is 0 Å². The van der Waals surface area contributed by atoms with E-state index in [4.69, 9.17) is 14.2 Å². The predicted octanol–water partition coefficient (Wildman–Crippen LogP) is 23.2. The van der Waals surface area contributed by atoms with Crippen molar-refractivity contribution in [3.8, 4) is 68.0 Å². The van der Waals surface area contributed by atoms with E-state index in [1.54, 1.807) is 20.3 Å². The molecule has 0 atom stereocenters. The van der Waals surface area contributed by atoms with Crippen LogP contribution in [0.4, 0.5) is 13.2 Å². The van der Waals surface area contributed by atoms with Gasteiger partial charge in [0, 0.05) is 68.6 Å². The van der Waals surface area contributed by atoms with Crippen molar-refractivity contribution >= 4 is 86.2 Å². The smallest absolute Gasteiger partial charge is 0.416 e. The molecule has 7 nitrogen and oxygen atoms in total. The van der Waals surface area contributed by atoms with Crippen LogP contribution in [-0.4, -0.2) is 14.2 Å². The number of alkyl halides is 3. The highest BCUT2D eigenvalue weighted by molar-refractivity contribution is 6.06. The monoisotopic (exact) mass is 1410 g/mol. The molecule has 0 saturated carbocycles. The zero-order valence-corrected chi connectivity index (χ0v) is 63.1. The minimum absolute atomic E-state index is 0.595. The number of pyridine rings is 4. The van der Waals surface area contributed by atoms with Gasteiger partial charge in [0.2, 0.25) is 22.8 Å².